The van der Waals surface area contributed by atoms with E-state index in [9.17, 15) is 10.1 Å². The van der Waals surface area contributed by atoms with Crippen LogP contribution in [0.2, 0.25) is 10.0 Å². The average Bonchev–Trinajstić information content (AvgIpc) is 2.42. The summed E-state index contributed by atoms with van der Waals surface area (Å²) in [6.07, 6.45) is 0.420. The molecule has 0 aliphatic rings. The van der Waals surface area contributed by atoms with Crippen molar-refractivity contribution in [3.63, 3.8) is 0 Å². The third-order valence-electron chi connectivity index (χ3n) is 2.90. The van der Waals surface area contributed by atoms with Gasteiger partial charge in [0, 0.05) is 17.5 Å². The quantitative estimate of drug-likeness (QED) is 0.617. The first kappa shape index (κ1) is 14.6. The van der Waals surface area contributed by atoms with Gasteiger partial charge in [-0.25, -0.2) is 0 Å². The van der Waals surface area contributed by atoms with Gasteiger partial charge in [0.05, 0.1) is 12.0 Å². The lowest BCUT2D eigenvalue weighted by molar-refractivity contribution is -0.384. The zero-order valence-electron chi connectivity index (χ0n) is 10.6. The summed E-state index contributed by atoms with van der Waals surface area (Å²) in [5.74, 6) is 0.656. The number of nitrogens with zero attached hydrogens (tertiary/aromatic N) is 1. The van der Waals surface area contributed by atoms with Gasteiger partial charge in [-0.05, 0) is 23.3 Å². The van der Waals surface area contributed by atoms with Gasteiger partial charge in [0.25, 0.3) is 5.69 Å². The molecule has 0 saturated heterocycles. The second-order valence-electron chi connectivity index (χ2n) is 4.14. The van der Waals surface area contributed by atoms with Gasteiger partial charge < -0.3 is 4.74 Å². The first-order valence-electron chi connectivity index (χ1n) is 5.77. The fourth-order valence-electron chi connectivity index (χ4n) is 1.85. The number of nitro benzene ring substituents is 1. The molecular formula is C14H11Cl2NO3. The van der Waals surface area contributed by atoms with Crippen molar-refractivity contribution in [1.82, 2.24) is 0 Å². The summed E-state index contributed by atoms with van der Waals surface area (Å²) >= 11 is 12.2. The Bertz CT molecular complexity index is 659. The zero-order chi connectivity index (χ0) is 14.7. The predicted octanol–water partition coefficient (Wildman–Crippen LogP) is 4.50. The normalized spacial score (nSPS) is 10.3. The van der Waals surface area contributed by atoms with Crippen LogP contribution in [-0.2, 0) is 6.42 Å². The number of methoxy groups -OCH3 is 1. The van der Waals surface area contributed by atoms with E-state index < -0.39 is 4.92 Å². The van der Waals surface area contributed by atoms with Crippen LogP contribution in [-0.4, -0.2) is 12.0 Å². The molecule has 0 aliphatic carbocycles. The maximum Gasteiger partial charge on any atom is 0.288 e. The van der Waals surface area contributed by atoms with E-state index in [0.717, 1.165) is 5.56 Å². The molecule has 104 valence electrons. The number of halogens is 2. The molecule has 0 fully saturated rings. The maximum absolute atomic E-state index is 10.9. The van der Waals surface area contributed by atoms with E-state index in [2.05, 4.69) is 0 Å². The van der Waals surface area contributed by atoms with Gasteiger partial charge in [-0.3, -0.25) is 10.1 Å². The summed E-state index contributed by atoms with van der Waals surface area (Å²) in [7, 11) is 1.56. The van der Waals surface area contributed by atoms with Crippen molar-refractivity contribution in [1.29, 1.82) is 0 Å². The fraction of sp³-hybridized carbons (Fsp3) is 0.143. The number of hydrogen-bond acceptors (Lipinski definition) is 3. The molecule has 0 aromatic heterocycles. The summed E-state index contributed by atoms with van der Waals surface area (Å²) in [6, 6.07) is 10.0. The average molecular weight is 312 g/mol. The van der Waals surface area contributed by atoms with Gasteiger partial charge in [-0.15, -0.1) is 0 Å². The van der Waals surface area contributed by atoms with Crippen LogP contribution in [0, 0.1) is 10.1 Å². The number of ether oxygens (including phenoxy) is 1. The summed E-state index contributed by atoms with van der Waals surface area (Å²) < 4.78 is 5.07. The molecule has 0 N–H and O–H groups in total. The standard InChI is InChI=1S/C14H11Cl2NO3/c1-20-11-6-5-9(12(15)8-11)7-10-3-2-4-13(14(10)16)17(18)19/h2-6,8H,7H2,1H3. The second-order valence-corrected chi connectivity index (χ2v) is 4.93. The van der Waals surface area contributed by atoms with Crippen molar-refractivity contribution in [2.24, 2.45) is 0 Å². The van der Waals surface area contributed by atoms with Crippen LogP contribution in [0.15, 0.2) is 36.4 Å². The Kier molecular flexibility index (Phi) is 4.47. The molecule has 2 aromatic carbocycles. The second kappa shape index (κ2) is 6.11. The predicted molar refractivity (Wildman–Crippen MR) is 78.9 cm³/mol. The summed E-state index contributed by atoms with van der Waals surface area (Å²) in [5, 5.41) is 11.5. The number of benzene rings is 2. The molecule has 4 nitrogen and oxygen atoms in total. The van der Waals surface area contributed by atoms with E-state index in [-0.39, 0.29) is 10.7 Å². The SMILES string of the molecule is COc1ccc(Cc2cccc([N+](=O)[O-])c2Cl)c(Cl)c1. The van der Waals surface area contributed by atoms with Crippen molar-refractivity contribution >= 4 is 28.9 Å². The van der Waals surface area contributed by atoms with E-state index in [1.54, 1.807) is 31.4 Å². The molecule has 20 heavy (non-hydrogen) atoms. The third-order valence-corrected chi connectivity index (χ3v) is 3.68. The molecule has 2 aromatic rings. The molecule has 6 heteroatoms. The van der Waals surface area contributed by atoms with Gasteiger partial charge in [0.1, 0.15) is 10.8 Å². The Labute approximate surface area is 126 Å². The summed E-state index contributed by atoms with van der Waals surface area (Å²) in [4.78, 5) is 10.4. The smallest absolute Gasteiger partial charge is 0.288 e. The Morgan fingerprint density at radius 2 is 1.95 bits per heavy atom. The van der Waals surface area contributed by atoms with Crippen molar-refractivity contribution in [2.75, 3.05) is 7.11 Å². The first-order valence-corrected chi connectivity index (χ1v) is 6.52. The number of rotatable bonds is 4. The van der Waals surface area contributed by atoms with Gasteiger partial charge in [-0.2, -0.15) is 0 Å². The van der Waals surface area contributed by atoms with E-state index in [4.69, 9.17) is 27.9 Å². The lowest BCUT2D eigenvalue weighted by atomic mass is 10.0. The molecule has 0 amide bonds. The summed E-state index contributed by atoms with van der Waals surface area (Å²) in [6.45, 7) is 0. The van der Waals surface area contributed by atoms with Crippen LogP contribution in [0.5, 0.6) is 5.75 Å². The Morgan fingerprint density at radius 1 is 1.20 bits per heavy atom. The number of hydrogen-bond donors (Lipinski definition) is 0. The van der Waals surface area contributed by atoms with E-state index in [1.165, 1.54) is 6.07 Å². The van der Waals surface area contributed by atoms with Crippen molar-refractivity contribution in [2.45, 2.75) is 6.42 Å². The van der Waals surface area contributed by atoms with Crippen LogP contribution in [0.3, 0.4) is 0 Å². The highest BCUT2D eigenvalue weighted by atomic mass is 35.5. The fourth-order valence-corrected chi connectivity index (χ4v) is 2.35. The van der Waals surface area contributed by atoms with Crippen molar-refractivity contribution < 1.29 is 9.66 Å². The van der Waals surface area contributed by atoms with Crippen LogP contribution in [0.25, 0.3) is 0 Å². The van der Waals surface area contributed by atoms with Crippen molar-refractivity contribution in [3.8, 4) is 5.75 Å². The summed E-state index contributed by atoms with van der Waals surface area (Å²) in [5.41, 5.74) is 1.39. The van der Waals surface area contributed by atoms with Gasteiger partial charge in [0.2, 0.25) is 0 Å². The molecular weight excluding hydrogens is 301 g/mol. The highest BCUT2D eigenvalue weighted by Gasteiger charge is 2.16. The zero-order valence-corrected chi connectivity index (χ0v) is 12.1. The van der Waals surface area contributed by atoms with Gasteiger partial charge in [-0.1, -0.05) is 41.4 Å². The minimum atomic E-state index is -0.499. The molecule has 0 unspecified atom stereocenters. The Balaban J connectivity index is 2.35. The van der Waals surface area contributed by atoms with Gasteiger partial charge >= 0.3 is 0 Å². The highest BCUT2D eigenvalue weighted by Crippen LogP contribution is 2.31. The van der Waals surface area contributed by atoms with E-state index in [0.29, 0.717) is 22.8 Å². The lowest BCUT2D eigenvalue weighted by Gasteiger charge is -2.08. The van der Waals surface area contributed by atoms with E-state index in [1.807, 2.05) is 6.07 Å². The minimum Gasteiger partial charge on any atom is -0.497 e. The number of nitro groups is 1. The maximum atomic E-state index is 10.9. The third kappa shape index (κ3) is 3.03. The molecule has 0 radical (unpaired) electrons. The molecule has 0 saturated carbocycles. The highest BCUT2D eigenvalue weighted by molar-refractivity contribution is 6.33. The first-order chi connectivity index (χ1) is 9.52. The van der Waals surface area contributed by atoms with Crippen LogP contribution in [0.4, 0.5) is 5.69 Å². The molecule has 0 spiro atoms. The Morgan fingerprint density at radius 3 is 2.55 bits per heavy atom. The van der Waals surface area contributed by atoms with Crippen LogP contribution in [0.1, 0.15) is 11.1 Å². The lowest BCUT2D eigenvalue weighted by Crippen LogP contribution is -1.95. The monoisotopic (exact) mass is 311 g/mol. The molecule has 0 heterocycles. The van der Waals surface area contributed by atoms with Crippen LogP contribution >= 0.6 is 23.2 Å². The molecule has 0 atom stereocenters. The molecule has 2 rings (SSSR count). The molecule has 0 aliphatic heterocycles. The largest absolute Gasteiger partial charge is 0.497 e. The molecule has 0 bridgehead atoms. The van der Waals surface area contributed by atoms with Gasteiger partial charge in [0.15, 0.2) is 0 Å². The van der Waals surface area contributed by atoms with E-state index >= 15 is 0 Å². The topological polar surface area (TPSA) is 52.4 Å². The van der Waals surface area contributed by atoms with Crippen molar-refractivity contribution in [3.05, 3.63) is 67.7 Å². The Hall–Kier alpha value is -1.78. The van der Waals surface area contributed by atoms with Crippen LogP contribution < -0.4 is 4.74 Å². The minimum absolute atomic E-state index is 0.103.